The molecule has 1 fully saturated rings. The maximum absolute atomic E-state index is 12.1. The van der Waals surface area contributed by atoms with Crippen molar-refractivity contribution in [1.82, 2.24) is 5.32 Å². The minimum absolute atomic E-state index is 0.195. The Labute approximate surface area is 172 Å². The molecular weight excluding hydrogens is 382 g/mol. The molecule has 1 rings (SSSR count). The van der Waals surface area contributed by atoms with E-state index in [0.29, 0.717) is 12.8 Å². The number of carbonyl (C=O) groups excluding carboxylic acids is 1. The predicted octanol–water partition coefficient (Wildman–Crippen LogP) is -0.415. The molecular formula is C20H37NO8. The van der Waals surface area contributed by atoms with Gasteiger partial charge >= 0.3 is 0 Å². The molecule has 0 radical (unpaired) electrons. The van der Waals surface area contributed by atoms with Crippen molar-refractivity contribution in [2.24, 2.45) is 0 Å². The van der Waals surface area contributed by atoms with Gasteiger partial charge in [-0.05, 0) is 12.8 Å². The summed E-state index contributed by atoms with van der Waals surface area (Å²) in [7, 11) is 0. The van der Waals surface area contributed by atoms with Crippen molar-refractivity contribution in [1.29, 1.82) is 0 Å². The number of aliphatic hydroxyl groups excluding tert-OH is 5. The van der Waals surface area contributed by atoms with E-state index in [2.05, 4.69) is 12.2 Å². The van der Waals surface area contributed by atoms with Crippen molar-refractivity contribution < 1.29 is 39.8 Å². The lowest BCUT2D eigenvalue weighted by Crippen LogP contribution is -2.60. The van der Waals surface area contributed by atoms with Crippen molar-refractivity contribution in [2.75, 3.05) is 13.2 Å². The van der Waals surface area contributed by atoms with Crippen LogP contribution >= 0.6 is 0 Å². The van der Waals surface area contributed by atoms with Crippen LogP contribution in [0.15, 0.2) is 12.2 Å². The molecule has 0 aromatic heterocycles. The van der Waals surface area contributed by atoms with Crippen LogP contribution in [-0.2, 0) is 14.3 Å². The Hall–Kier alpha value is -1.07. The predicted molar refractivity (Wildman–Crippen MR) is 106 cm³/mol. The highest BCUT2D eigenvalue weighted by atomic mass is 16.7. The summed E-state index contributed by atoms with van der Waals surface area (Å²) in [6.07, 6.45) is 0.148. The third kappa shape index (κ3) is 8.67. The summed E-state index contributed by atoms with van der Waals surface area (Å²) in [4.78, 5) is 12.1. The average molecular weight is 420 g/mol. The van der Waals surface area contributed by atoms with Gasteiger partial charge in [0.05, 0.1) is 25.4 Å². The summed E-state index contributed by atoms with van der Waals surface area (Å²) in [6.45, 7) is 3.28. The molecule has 0 saturated carbocycles. The van der Waals surface area contributed by atoms with Crippen LogP contribution in [-0.4, -0.2) is 87.5 Å². The number of aliphatic hydroxyl groups is 5. The van der Waals surface area contributed by atoms with Crippen LogP contribution in [0, 0.1) is 0 Å². The first kappa shape index (κ1) is 26.0. The van der Waals surface area contributed by atoms with Gasteiger partial charge in [0, 0.05) is 6.42 Å². The molecule has 1 amide bonds. The summed E-state index contributed by atoms with van der Waals surface area (Å²) in [6, 6.07) is -0.787. The number of rotatable bonds is 13. The van der Waals surface area contributed by atoms with Gasteiger partial charge in [0.1, 0.15) is 24.4 Å². The average Bonchev–Trinajstić information content (AvgIpc) is 2.71. The van der Waals surface area contributed by atoms with Gasteiger partial charge in [-0.15, -0.1) is 0 Å². The van der Waals surface area contributed by atoms with Crippen molar-refractivity contribution in [3.63, 3.8) is 0 Å². The van der Waals surface area contributed by atoms with Crippen molar-refractivity contribution in [3.05, 3.63) is 12.2 Å². The van der Waals surface area contributed by atoms with E-state index in [1.165, 1.54) is 0 Å². The lowest BCUT2D eigenvalue weighted by molar-refractivity contribution is -0.302. The van der Waals surface area contributed by atoms with Crippen LogP contribution in [0.1, 0.15) is 52.4 Å². The third-order valence-corrected chi connectivity index (χ3v) is 4.86. The second kappa shape index (κ2) is 14.0. The molecule has 0 bridgehead atoms. The number of allylic oxidation sites excluding steroid dienone is 1. The SMILES string of the molecule is CCCC/C=C/C(O)C(COC1OC(CO)C(O)C(O)C1O)NC(=O)CCCC. The molecule has 1 aliphatic rings. The molecule has 9 heteroatoms. The third-order valence-electron chi connectivity index (χ3n) is 4.86. The van der Waals surface area contributed by atoms with Gasteiger partial charge < -0.3 is 40.3 Å². The zero-order chi connectivity index (χ0) is 21.8. The van der Waals surface area contributed by atoms with Gasteiger partial charge in [0.25, 0.3) is 0 Å². The number of carbonyl (C=O) groups is 1. The molecule has 0 aromatic carbocycles. The highest BCUT2D eigenvalue weighted by Gasteiger charge is 2.44. The summed E-state index contributed by atoms with van der Waals surface area (Å²) < 4.78 is 10.8. The largest absolute Gasteiger partial charge is 0.394 e. The Morgan fingerprint density at radius 3 is 2.45 bits per heavy atom. The zero-order valence-corrected chi connectivity index (χ0v) is 17.3. The summed E-state index contributed by atoms with van der Waals surface area (Å²) >= 11 is 0. The molecule has 1 heterocycles. The van der Waals surface area contributed by atoms with E-state index in [1.54, 1.807) is 6.08 Å². The Morgan fingerprint density at radius 2 is 1.83 bits per heavy atom. The highest BCUT2D eigenvalue weighted by Crippen LogP contribution is 2.22. The summed E-state index contributed by atoms with van der Waals surface area (Å²) in [5.41, 5.74) is 0. The Kier molecular flexibility index (Phi) is 12.6. The van der Waals surface area contributed by atoms with Gasteiger partial charge in [-0.2, -0.15) is 0 Å². The quantitative estimate of drug-likeness (QED) is 0.174. The van der Waals surface area contributed by atoms with Crippen LogP contribution < -0.4 is 5.32 Å². The van der Waals surface area contributed by atoms with E-state index in [4.69, 9.17) is 9.47 Å². The highest BCUT2D eigenvalue weighted by molar-refractivity contribution is 5.76. The monoisotopic (exact) mass is 419 g/mol. The maximum atomic E-state index is 12.1. The molecule has 0 spiro atoms. The number of ether oxygens (including phenoxy) is 2. The van der Waals surface area contributed by atoms with Crippen molar-refractivity contribution >= 4 is 5.91 Å². The Bertz CT molecular complexity index is 487. The molecule has 29 heavy (non-hydrogen) atoms. The topological polar surface area (TPSA) is 149 Å². The standard InChI is InChI=1S/C20H37NO8/c1-3-5-7-8-9-14(23)13(21-16(24)10-6-4-2)12-28-20-19(27)18(26)17(25)15(11-22)29-20/h8-9,13-15,17-20,22-23,25-27H,3-7,10-12H2,1-2H3,(H,21,24)/b9-8+. The summed E-state index contributed by atoms with van der Waals surface area (Å²) in [5.74, 6) is -0.227. The van der Waals surface area contributed by atoms with E-state index in [1.807, 2.05) is 13.0 Å². The number of hydrogen-bond donors (Lipinski definition) is 6. The fourth-order valence-corrected chi connectivity index (χ4v) is 2.94. The van der Waals surface area contributed by atoms with Gasteiger partial charge in [0.2, 0.25) is 5.91 Å². The van der Waals surface area contributed by atoms with E-state index in [0.717, 1.165) is 25.7 Å². The Morgan fingerprint density at radius 1 is 1.14 bits per heavy atom. The molecule has 7 atom stereocenters. The molecule has 7 unspecified atom stereocenters. The van der Waals surface area contributed by atoms with Crippen LogP contribution in [0.2, 0.25) is 0 Å². The second-order valence-corrected chi connectivity index (χ2v) is 7.37. The molecule has 1 aliphatic heterocycles. The van der Waals surface area contributed by atoms with Gasteiger partial charge in [-0.25, -0.2) is 0 Å². The molecule has 1 saturated heterocycles. The lowest BCUT2D eigenvalue weighted by atomic mass is 9.99. The van der Waals surface area contributed by atoms with Gasteiger partial charge in [0.15, 0.2) is 6.29 Å². The number of hydrogen-bond acceptors (Lipinski definition) is 8. The van der Waals surface area contributed by atoms with E-state index >= 15 is 0 Å². The second-order valence-electron chi connectivity index (χ2n) is 7.37. The van der Waals surface area contributed by atoms with Gasteiger partial charge in [-0.1, -0.05) is 45.3 Å². The fraction of sp³-hybridized carbons (Fsp3) is 0.850. The molecule has 6 N–H and O–H groups in total. The van der Waals surface area contributed by atoms with Crippen LogP contribution in [0.5, 0.6) is 0 Å². The normalized spacial score (nSPS) is 29.7. The molecule has 0 aliphatic carbocycles. The molecule has 9 nitrogen and oxygen atoms in total. The van der Waals surface area contributed by atoms with Crippen LogP contribution in [0.25, 0.3) is 0 Å². The van der Waals surface area contributed by atoms with E-state index < -0.39 is 49.5 Å². The zero-order valence-electron chi connectivity index (χ0n) is 17.3. The van der Waals surface area contributed by atoms with E-state index in [-0.39, 0.29) is 12.5 Å². The Balaban J connectivity index is 2.73. The van der Waals surface area contributed by atoms with E-state index in [9.17, 15) is 30.3 Å². The summed E-state index contributed by atoms with van der Waals surface area (Å²) in [5, 5.41) is 52.2. The van der Waals surface area contributed by atoms with Crippen molar-refractivity contribution in [3.8, 4) is 0 Å². The van der Waals surface area contributed by atoms with Crippen LogP contribution in [0.4, 0.5) is 0 Å². The smallest absolute Gasteiger partial charge is 0.220 e. The number of nitrogens with one attached hydrogen (secondary N) is 1. The molecule has 170 valence electrons. The first-order valence-corrected chi connectivity index (χ1v) is 10.4. The minimum Gasteiger partial charge on any atom is -0.394 e. The minimum atomic E-state index is -1.55. The van der Waals surface area contributed by atoms with Gasteiger partial charge in [-0.3, -0.25) is 4.79 Å². The lowest BCUT2D eigenvalue weighted by Gasteiger charge is -2.40. The maximum Gasteiger partial charge on any atom is 0.220 e. The van der Waals surface area contributed by atoms with Crippen molar-refractivity contribution in [2.45, 2.75) is 95.2 Å². The fourth-order valence-electron chi connectivity index (χ4n) is 2.94. The number of unbranched alkanes of at least 4 members (excludes halogenated alkanes) is 3. The first-order chi connectivity index (χ1) is 13.8. The van der Waals surface area contributed by atoms with Crippen LogP contribution in [0.3, 0.4) is 0 Å². The molecule has 0 aromatic rings. The first-order valence-electron chi connectivity index (χ1n) is 10.4. The number of amides is 1.